The molecule has 2 aliphatic heterocycles. The van der Waals surface area contributed by atoms with Crippen molar-refractivity contribution in [2.75, 3.05) is 14.2 Å². The lowest BCUT2D eigenvalue weighted by molar-refractivity contribution is -0.126. The zero-order valence-corrected chi connectivity index (χ0v) is 17.0. The number of hydrogen-bond acceptors (Lipinski definition) is 6. The van der Waals surface area contributed by atoms with Gasteiger partial charge in [-0.15, -0.1) is 11.8 Å². The number of ether oxygens (including phenoxy) is 2. The minimum atomic E-state index is -0.618. The Morgan fingerprint density at radius 2 is 2.07 bits per heavy atom. The van der Waals surface area contributed by atoms with E-state index in [0.717, 1.165) is 5.56 Å². The summed E-state index contributed by atoms with van der Waals surface area (Å²) in [4.78, 5) is 28.1. The van der Waals surface area contributed by atoms with Gasteiger partial charge >= 0.3 is 0 Å². The van der Waals surface area contributed by atoms with Crippen LogP contribution in [0.3, 0.4) is 0 Å². The van der Waals surface area contributed by atoms with Gasteiger partial charge in [-0.1, -0.05) is 6.07 Å². The number of benzene rings is 1. The van der Waals surface area contributed by atoms with Gasteiger partial charge in [-0.3, -0.25) is 9.59 Å². The Bertz CT molecular complexity index is 925. The largest absolute Gasteiger partial charge is 0.493 e. The molecular formula is C20H22N2O5S. The number of fused-ring (bicyclic) bond motifs is 3. The lowest BCUT2D eigenvalue weighted by Gasteiger charge is -2.29. The number of carbonyl (C=O) groups excluding carboxylic acids is 2. The molecule has 2 amide bonds. The zero-order chi connectivity index (χ0) is 20.1. The molecule has 2 aromatic rings. The van der Waals surface area contributed by atoms with Crippen LogP contribution in [0.4, 0.5) is 0 Å². The third-order valence-electron chi connectivity index (χ3n) is 5.16. The van der Waals surface area contributed by atoms with Crippen molar-refractivity contribution in [1.82, 2.24) is 10.2 Å². The van der Waals surface area contributed by atoms with Crippen molar-refractivity contribution in [3.05, 3.63) is 47.4 Å². The maximum atomic E-state index is 13.3. The van der Waals surface area contributed by atoms with Crippen molar-refractivity contribution in [1.29, 1.82) is 0 Å². The molecule has 1 aromatic heterocycles. The van der Waals surface area contributed by atoms with E-state index < -0.39 is 10.8 Å². The van der Waals surface area contributed by atoms with E-state index in [2.05, 4.69) is 5.32 Å². The number of nitrogens with one attached hydrogen (secondary N) is 1. The second-order valence-electron chi connectivity index (χ2n) is 7.25. The first-order valence-electron chi connectivity index (χ1n) is 8.94. The first-order chi connectivity index (χ1) is 13.4. The fourth-order valence-electron chi connectivity index (χ4n) is 3.94. The lowest BCUT2D eigenvalue weighted by Crippen LogP contribution is -2.52. The summed E-state index contributed by atoms with van der Waals surface area (Å²) in [5, 5.41) is 2.66. The average molecular weight is 402 g/mol. The van der Waals surface area contributed by atoms with Gasteiger partial charge in [0.2, 0.25) is 5.91 Å². The standard InChI is InChI=1S/C20H22N2O5S/c1-20(2)16(17(23)21-10-11-6-5-9-27-11)22-18(24)14-12(19(22)28-20)7-8-13(25-3)15(14)26-4/h5-9,16,19H,10H2,1-4H3,(H,21,23)/t16-,19?/m1/s1. The van der Waals surface area contributed by atoms with Gasteiger partial charge in [-0.25, -0.2) is 0 Å². The van der Waals surface area contributed by atoms with Crippen molar-refractivity contribution in [3.63, 3.8) is 0 Å². The number of rotatable bonds is 5. The molecule has 1 N–H and O–H groups in total. The van der Waals surface area contributed by atoms with E-state index in [1.54, 1.807) is 41.1 Å². The molecule has 4 rings (SSSR count). The van der Waals surface area contributed by atoms with Crippen molar-refractivity contribution < 1.29 is 23.5 Å². The number of nitrogens with zero attached hydrogens (tertiary/aromatic N) is 1. The van der Waals surface area contributed by atoms with Gasteiger partial charge in [-0.05, 0) is 32.0 Å². The second-order valence-corrected chi connectivity index (χ2v) is 8.99. The quantitative estimate of drug-likeness (QED) is 0.828. The van der Waals surface area contributed by atoms with Crippen LogP contribution >= 0.6 is 11.8 Å². The number of methoxy groups -OCH3 is 2. The number of hydrogen-bond donors (Lipinski definition) is 1. The Kier molecular flexibility index (Phi) is 4.53. The van der Waals surface area contributed by atoms with Crippen LogP contribution in [-0.4, -0.2) is 41.7 Å². The molecule has 0 bridgehead atoms. The topological polar surface area (TPSA) is 81.0 Å². The molecule has 0 aliphatic carbocycles. The zero-order valence-electron chi connectivity index (χ0n) is 16.1. The summed E-state index contributed by atoms with van der Waals surface area (Å²) < 4.78 is 15.6. The highest BCUT2D eigenvalue weighted by Gasteiger charge is 2.58. The molecule has 0 saturated carbocycles. The van der Waals surface area contributed by atoms with Crippen molar-refractivity contribution in [3.8, 4) is 11.5 Å². The molecule has 3 heterocycles. The Morgan fingerprint density at radius 1 is 1.29 bits per heavy atom. The van der Waals surface area contributed by atoms with Gasteiger partial charge < -0.3 is 24.1 Å². The molecule has 7 nitrogen and oxygen atoms in total. The first-order valence-corrected chi connectivity index (χ1v) is 9.82. The molecule has 2 aliphatic rings. The molecule has 8 heteroatoms. The minimum Gasteiger partial charge on any atom is -0.493 e. The number of amides is 2. The molecule has 0 spiro atoms. The van der Waals surface area contributed by atoms with E-state index in [0.29, 0.717) is 22.8 Å². The molecular weight excluding hydrogens is 380 g/mol. The number of carbonyl (C=O) groups is 2. The van der Waals surface area contributed by atoms with E-state index in [-0.39, 0.29) is 23.7 Å². The SMILES string of the molecule is COc1ccc2c(c1OC)C(=O)N1C2SC(C)(C)[C@H]1C(=O)NCc1ccco1. The predicted octanol–water partition coefficient (Wildman–Crippen LogP) is 2.96. The van der Waals surface area contributed by atoms with Crippen LogP contribution in [0, 0.1) is 0 Å². The highest BCUT2D eigenvalue weighted by Crippen LogP contribution is 2.58. The Labute approximate surface area is 167 Å². The highest BCUT2D eigenvalue weighted by atomic mass is 32.2. The summed E-state index contributed by atoms with van der Waals surface area (Å²) in [6.07, 6.45) is 1.56. The fourth-order valence-corrected chi connectivity index (χ4v) is 5.52. The molecule has 1 aromatic carbocycles. The summed E-state index contributed by atoms with van der Waals surface area (Å²) >= 11 is 1.60. The molecule has 148 valence electrons. The Balaban J connectivity index is 1.67. The van der Waals surface area contributed by atoms with Crippen LogP contribution in [0.15, 0.2) is 34.9 Å². The maximum absolute atomic E-state index is 13.3. The average Bonchev–Trinajstić information content (AvgIpc) is 3.34. The van der Waals surface area contributed by atoms with Gasteiger partial charge in [0.1, 0.15) is 17.2 Å². The predicted molar refractivity (Wildman–Crippen MR) is 104 cm³/mol. The molecule has 1 saturated heterocycles. The molecule has 28 heavy (non-hydrogen) atoms. The monoisotopic (exact) mass is 402 g/mol. The summed E-state index contributed by atoms with van der Waals surface area (Å²) in [5.74, 6) is 1.15. The smallest absolute Gasteiger partial charge is 0.260 e. The Hall–Kier alpha value is -2.61. The summed E-state index contributed by atoms with van der Waals surface area (Å²) in [6, 6.07) is 6.63. The lowest BCUT2D eigenvalue weighted by atomic mass is 10.0. The number of thioether (sulfide) groups is 1. The van der Waals surface area contributed by atoms with Crippen LogP contribution in [0.2, 0.25) is 0 Å². The van der Waals surface area contributed by atoms with Gasteiger partial charge in [0.25, 0.3) is 5.91 Å². The summed E-state index contributed by atoms with van der Waals surface area (Å²) in [5.41, 5.74) is 1.32. The van der Waals surface area contributed by atoms with Crippen LogP contribution < -0.4 is 14.8 Å². The second kappa shape index (κ2) is 6.77. The first kappa shape index (κ1) is 18.7. The minimum absolute atomic E-state index is 0.205. The fraction of sp³-hybridized carbons (Fsp3) is 0.400. The summed E-state index contributed by atoms with van der Waals surface area (Å²) in [7, 11) is 3.05. The van der Waals surface area contributed by atoms with Crippen LogP contribution in [-0.2, 0) is 11.3 Å². The normalized spacial score (nSPS) is 22.0. The molecule has 1 fully saturated rings. The van der Waals surface area contributed by atoms with E-state index in [9.17, 15) is 9.59 Å². The van der Waals surface area contributed by atoms with E-state index in [4.69, 9.17) is 13.9 Å². The van der Waals surface area contributed by atoms with E-state index in [1.807, 2.05) is 19.9 Å². The van der Waals surface area contributed by atoms with Gasteiger partial charge in [0.15, 0.2) is 11.5 Å². The van der Waals surface area contributed by atoms with Crippen molar-refractivity contribution in [2.24, 2.45) is 0 Å². The van der Waals surface area contributed by atoms with Gasteiger partial charge in [-0.2, -0.15) is 0 Å². The van der Waals surface area contributed by atoms with Crippen LogP contribution in [0.1, 0.15) is 40.9 Å². The summed E-state index contributed by atoms with van der Waals surface area (Å²) in [6.45, 7) is 4.25. The third-order valence-corrected chi connectivity index (χ3v) is 6.70. The van der Waals surface area contributed by atoms with Crippen molar-refractivity contribution in [2.45, 2.75) is 36.6 Å². The van der Waals surface area contributed by atoms with E-state index in [1.165, 1.54) is 14.2 Å². The Morgan fingerprint density at radius 3 is 2.71 bits per heavy atom. The van der Waals surface area contributed by atoms with Crippen molar-refractivity contribution >= 4 is 23.6 Å². The molecule has 0 radical (unpaired) electrons. The van der Waals surface area contributed by atoms with Gasteiger partial charge in [0, 0.05) is 10.3 Å². The highest BCUT2D eigenvalue weighted by molar-refractivity contribution is 8.01. The molecule has 1 unspecified atom stereocenters. The van der Waals surface area contributed by atoms with E-state index >= 15 is 0 Å². The maximum Gasteiger partial charge on any atom is 0.260 e. The number of furan rings is 1. The molecule has 2 atom stereocenters. The van der Waals surface area contributed by atoms with Crippen LogP contribution in [0.5, 0.6) is 11.5 Å². The van der Waals surface area contributed by atoms with Crippen LogP contribution in [0.25, 0.3) is 0 Å². The van der Waals surface area contributed by atoms with Gasteiger partial charge in [0.05, 0.1) is 32.6 Å². The third kappa shape index (κ3) is 2.74.